The van der Waals surface area contributed by atoms with Gasteiger partial charge in [-0.05, 0) is 43.3 Å². The molecule has 0 spiro atoms. The highest BCUT2D eigenvalue weighted by molar-refractivity contribution is 7.16. The first kappa shape index (κ1) is 21.4. The van der Waals surface area contributed by atoms with Gasteiger partial charge >= 0.3 is 0 Å². The first-order valence-corrected chi connectivity index (χ1v) is 11.8. The Kier molecular flexibility index (Phi) is 6.56. The van der Waals surface area contributed by atoms with Gasteiger partial charge in [0.05, 0.1) is 0 Å². The quantitative estimate of drug-likeness (QED) is 0.532. The lowest BCUT2D eigenvalue weighted by molar-refractivity contribution is -0.135. The Labute approximate surface area is 187 Å². The van der Waals surface area contributed by atoms with Crippen LogP contribution in [0.25, 0.3) is 10.2 Å². The maximum Gasteiger partial charge on any atom is 0.270 e. The van der Waals surface area contributed by atoms with Gasteiger partial charge < -0.3 is 14.4 Å². The van der Waals surface area contributed by atoms with Crippen molar-refractivity contribution in [2.24, 2.45) is 0 Å². The van der Waals surface area contributed by atoms with Crippen LogP contribution in [0.3, 0.4) is 0 Å². The molecule has 0 bridgehead atoms. The van der Waals surface area contributed by atoms with E-state index in [-0.39, 0.29) is 17.9 Å². The van der Waals surface area contributed by atoms with Gasteiger partial charge in [-0.2, -0.15) is 0 Å². The number of hydrogen-bond acceptors (Lipinski definition) is 3. The fourth-order valence-electron chi connectivity index (χ4n) is 4.26. The van der Waals surface area contributed by atoms with E-state index in [4.69, 9.17) is 0 Å². The van der Waals surface area contributed by atoms with Gasteiger partial charge in [0.2, 0.25) is 5.91 Å². The van der Waals surface area contributed by atoms with E-state index >= 15 is 0 Å². The third-order valence-electron chi connectivity index (χ3n) is 5.95. The second-order valence-corrected chi connectivity index (χ2v) is 8.96. The topological polar surface area (TPSA) is 45.6 Å². The van der Waals surface area contributed by atoms with Gasteiger partial charge in [-0.3, -0.25) is 9.59 Å². The molecule has 162 valence electrons. The number of aryl methyl sites for hydroxylation is 1. The Balaban J connectivity index is 1.41. The molecule has 5 nitrogen and oxygen atoms in total. The molecule has 1 atom stereocenters. The second kappa shape index (κ2) is 9.52. The maximum atomic E-state index is 13.4. The summed E-state index contributed by atoms with van der Waals surface area (Å²) in [6, 6.07) is 14.2. The van der Waals surface area contributed by atoms with E-state index in [9.17, 15) is 9.59 Å². The Morgan fingerprint density at radius 3 is 2.71 bits per heavy atom. The van der Waals surface area contributed by atoms with Crippen molar-refractivity contribution in [1.29, 1.82) is 0 Å². The number of piperazine rings is 1. The summed E-state index contributed by atoms with van der Waals surface area (Å²) in [5.74, 6) is 0.219. The highest BCUT2D eigenvalue weighted by atomic mass is 32.1. The molecule has 31 heavy (non-hydrogen) atoms. The van der Waals surface area contributed by atoms with Gasteiger partial charge in [-0.25, -0.2) is 0 Å². The van der Waals surface area contributed by atoms with Gasteiger partial charge in [-0.15, -0.1) is 11.3 Å². The minimum Gasteiger partial charge on any atom is -0.336 e. The first-order valence-electron chi connectivity index (χ1n) is 10.9. The highest BCUT2D eigenvalue weighted by Gasteiger charge is 2.31. The number of carbonyl (C=O) groups excluding carboxylic acids is 2. The number of allylic oxidation sites excluding steroid dienone is 2. The normalized spacial score (nSPS) is 17.0. The third-order valence-corrected chi connectivity index (χ3v) is 6.90. The maximum absolute atomic E-state index is 13.4. The predicted molar refractivity (Wildman–Crippen MR) is 126 cm³/mol. The molecule has 1 aliphatic heterocycles. The van der Waals surface area contributed by atoms with Crippen LogP contribution in [-0.4, -0.2) is 51.9 Å². The molecule has 0 unspecified atom stereocenters. The molecule has 0 aliphatic carbocycles. The molecule has 4 rings (SSSR count). The minimum absolute atomic E-state index is 0.0149. The highest BCUT2D eigenvalue weighted by Crippen LogP contribution is 2.27. The molecule has 3 heterocycles. The molecular formula is C25H29N3O2S. The number of hydrogen-bond donors (Lipinski definition) is 0. The van der Waals surface area contributed by atoms with Crippen molar-refractivity contribution < 1.29 is 9.59 Å². The summed E-state index contributed by atoms with van der Waals surface area (Å²) in [6.07, 6.45) is 5.34. The number of aromatic nitrogens is 1. The van der Waals surface area contributed by atoms with Crippen LogP contribution in [0.4, 0.5) is 0 Å². The van der Waals surface area contributed by atoms with E-state index < -0.39 is 0 Å². The summed E-state index contributed by atoms with van der Waals surface area (Å²) in [4.78, 5) is 31.1. The molecule has 2 amide bonds. The molecular weight excluding hydrogens is 406 g/mol. The molecule has 3 aromatic rings. The van der Waals surface area contributed by atoms with Gasteiger partial charge in [-0.1, -0.05) is 42.5 Å². The fourth-order valence-corrected chi connectivity index (χ4v) is 5.17. The fraction of sp³-hybridized carbons (Fsp3) is 0.360. The lowest BCUT2D eigenvalue weighted by Crippen LogP contribution is -2.55. The van der Waals surface area contributed by atoms with E-state index in [2.05, 4.69) is 34.2 Å². The van der Waals surface area contributed by atoms with Gasteiger partial charge in [0.25, 0.3) is 5.91 Å². The van der Waals surface area contributed by atoms with Crippen LogP contribution in [0, 0.1) is 0 Å². The molecule has 1 aromatic carbocycles. The van der Waals surface area contributed by atoms with Crippen molar-refractivity contribution >= 4 is 33.4 Å². The Bertz CT molecular complexity index is 1080. The minimum atomic E-state index is 0.0149. The predicted octanol–water partition coefficient (Wildman–Crippen LogP) is 4.58. The summed E-state index contributed by atoms with van der Waals surface area (Å²) in [7, 11) is 0. The lowest BCUT2D eigenvalue weighted by Gasteiger charge is -2.40. The third kappa shape index (κ3) is 4.59. The zero-order chi connectivity index (χ0) is 21.8. The number of benzene rings is 1. The number of nitrogens with zero attached hydrogens (tertiary/aromatic N) is 3. The van der Waals surface area contributed by atoms with Crippen molar-refractivity contribution in [3.63, 3.8) is 0 Å². The Morgan fingerprint density at radius 2 is 1.97 bits per heavy atom. The van der Waals surface area contributed by atoms with Gasteiger partial charge in [0.15, 0.2) is 0 Å². The Hall–Kier alpha value is -2.86. The van der Waals surface area contributed by atoms with E-state index in [1.54, 1.807) is 11.3 Å². The summed E-state index contributed by atoms with van der Waals surface area (Å²) in [5, 5.41) is 3.17. The smallest absolute Gasteiger partial charge is 0.270 e. The monoisotopic (exact) mass is 435 g/mol. The summed E-state index contributed by atoms with van der Waals surface area (Å²) < 4.78 is 2.10. The standard InChI is InChI=1S/C25H29N3O2S/c1-3-4-13-28-22(17-21-12-16-31-25(21)28)24(30)26-14-15-27(19(2)18-26)23(29)11-10-20-8-6-5-7-9-20/h3-9,12,16-17,19H,10-11,13-15,18H2,1-2H3/b4-3-/t19-/m0/s1. The summed E-state index contributed by atoms with van der Waals surface area (Å²) in [6.45, 7) is 6.45. The summed E-state index contributed by atoms with van der Waals surface area (Å²) in [5.41, 5.74) is 1.91. The number of carbonyl (C=O) groups is 2. The zero-order valence-corrected chi connectivity index (χ0v) is 19.0. The largest absolute Gasteiger partial charge is 0.336 e. The van der Waals surface area contributed by atoms with Crippen molar-refractivity contribution in [1.82, 2.24) is 14.4 Å². The summed E-state index contributed by atoms with van der Waals surface area (Å²) >= 11 is 1.66. The van der Waals surface area contributed by atoms with Crippen LogP contribution < -0.4 is 0 Å². The number of fused-ring (bicyclic) bond motifs is 1. The average Bonchev–Trinajstić information content (AvgIpc) is 3.38. The molecule has 1 aliphatic rings. The first-order chi connectivity index (χ1) is 15.1. The average molecular weight is 436 g/mol. The van der Waals surface area contributed by atoms with Crippen molar-refractivity contribution in [3.8, 4) is 0 Å². The molecule has 2 aromatic heterocycles. The number of thiophene rings is 1. The van der Waals surface area contributed by atoms with E-state index in [1.165, 1.54) is 5.56 Å². The Morgan fingerprint density at radius 1 is 1.16 bits per heavy atom. The lowest BCUT2D eigenvalue weighted by atomic mass is 10.1. The molecule has 0 saturated carbocycles. The van der Waals surface area contributed by atoms with Crippen molar-refractivity contribution in [2.75, 3.05) is 19.6 Å². The molecule has 1 saturated heterocycles. The number of amides is 2. The molecule has 1 fully saturated rings. The van der Waals surface area contributed by atoms with Gasteiger partial charge in [0.1, 0.15) is 10.5 Å². The van der Waals surface area contributed by atoms with Crippen LogP contribution in [0.15, 0.2) is 60.0 Å². The van der Waals surface area contributed by atoms with Gasteiger partial charge in [0, 0.05) is 44.0 Å². The second-order valence-electron chi connectivity index (χ2n) is 8.06. The van der Waals surface area contributed by atoms with E-state index in [0.717, 1.165) is 22.3 Å². The van der Waals surface area contributed by atoms with Crippen LogP contribution in [0.2, 0.25) is 0 Å². The van der Waals surface area contributed by atoms with Crippen LogP contribution in [0.1, 0.15) is 36.3 Å². The molecule has 6 heteroatoms. The van der Waals surface area contributed by atoms with E-state index in [0.29, 0.717) is 32.6 Å². The number of rotatable bonds is 6. The molecule has 0 radical (unpaired) electrons. The van der Waals surface area contributed by atoms with E-state index in [1.807, 2.05) is 54.0 Å². The van der Waals surface area contributed by atoms with Crippen LogP contribution in [-0.2, 0) is 17.8 Å². The van der Waals surface area contributed by atoms with Crippen LogP contribution >= 0.6 is 11.3 Å². The molecule has 0 N–H and O–H groups in total. The van der Waals surface area contributed by atoms with Crippen molar-refractivity contribution in [3.05, 3.63) is 71.3 Å². The zero-order valence-electron chi connectivity index (χ0n) is 18.2. The van der Waals surface area contributed by atoms with Crippen LogP contribution in [0.5, 0.6) is 0 Å². The SMILES string of the molecule is C/C=C\Cn1c(C(=O)N2CCN(C(=O)CCc3ccccc3)[C@@H](C)C2)cc2ccsc21. The van der Waals surface area contributed by atoms with Crippen molar-refractivity contribution in [2.45, 2.75) is 39.3 Å².